The van der Waals surface area contributed by atoms with Crippen LogP contribution >= 0.6 is 23.6 Å². The largest absolute Gasteiger partial charge is 0.376 e. The summed E-state index contributed by atoms with van der Waals surface area (Å²) in [4.78, 5) is 15.6. The molecule has 0 atom stereocenters. The van der Waals surface area contributed by atoms with Gasteiger partial charge in [-0.3, -0.25) is 4.79 Å². The average molecular weight is 241 g/mol. The summed E-state index contributed by atoms with van der Waals surface area (Å²) in [5, 5.41) is 8.70. The number of aromatic nitrogens is 3. The number of anilines is 1. The van der Waals surface area contributed by atoms with E-state index in [0.717, 1.165) is 0 Å². The van der Waals surface area contributed by atoms with E-state index in [1.807, 2.05) is 0 Å². The molecule has 0 aliphatic heterocycles. The summed E-state index contributed by atoms with van der Waals surface area (Å²) in [5.74, 6) is 0.609. The van der Waals surface area contributed by atoms with Crippen LogP contribution in [0.1, 0.15) is 5.69 Å². The van der Waals surface area contributed by atoms with Crippen LogP contribution < -0.4 is 16.6 Å². The summed E-state index contributed by atoms with van der Waals surface area (Å²) in [5.41, 5.74) is 5.35. The number of thiocarbonyl (C=S) groups is 1. The predicted molar refractivity (Wildman–Crippen MR) is 62.3 cm³/mol. The van der Waals surface area contributed by atoms with Crippen molar-refractivity contribution in [1.29, 1.82) is 0 Å². The fourth-order valence-electron chi connectivity index (χ4n) is 1.05. The van der Waals surface area contributed by atoms with Gasteiger partial charge in [0.15, 0.2) is 5.11 Å². The molecule has 0 bridgehead atoms. The van der Waals surface area contributed by atoms with E-state index in [1.165, 1.54) is 15.9 Å². The molecule has 15 heavy (non-hydrogen) atoms. The molecule has 6 nitrogen and oxygen atoms in total. The monoisotopic (exact) mass is 241 g/mol. The smallest absolute Gasteiger partial charge is 0.295 e. The van der Waals surface area contributed by atoms with Crippen molar-refractivity contribution in [3.8, 4) is 0 Å². The van der Waals surface area contributed by atoms with Gasteiger partial charge < -0.3 is 11.1 Å². The molecule has 0 radical (unpaired) electrons. The van der Waals surface area contributed by atoms with Crippen molar-refractivity contribution in [2.45, 2.75) is 6.92 Å². The topological polar surface area (TPSA) is 85.3 Å². The zero-order chi connectivity index (χ0) is 11.0. The fourth-order valence-corrected chi connectivity index (χ4v) is 1.91. The van der Waals surface area contributed by atoms with Crippen molar-refractivity contribution in [1.82, 2.24) is 14.6 Å². The first kappa shape index (κ1) is 9.99. The Kier molecular flexibility index (Phi) is 2.37. The van der Waals surface area contributed by atoms with Crippen molar-refractivity contribution in [2.24, 2.45) is 5.73 Å². The summed E-state index contributed by atoms with van der Waals surface area (Å²) in [7, 11) is 0. The Labute approximate surface area is 93.7 Å². The van der Waals surface area contributed by atoms with E-state index < -0.39 is 0 Å². The van der Waals surface area contributed by atoms with Crippen LogP contribution in [0.5, 0.6) is 0 Å². The Morgan fingerprint density at radius 3 is 3.13 bits per heavy atom. The molecule has 0 saturated carbocycles. The lowest BCUT2D eigenvalue weighted by Gasteiger charge is -2.01. The van der Waals surface area contributed by atoms with Crippen LogP contribution in [-0.2, 0) is 0 Å². The van der Waals surface area contributed by atoms with Gasteiger partial charge in [0, 0.05) is 5.38 Å². The van der Waals surface area contributed by atoms with E-state index in [9.17, 15) is 4.79 Å². The molecule has 2 rings (SSSR count). The first-order valence-corrected chi connectivity index (χ1v) is 5.28. The number of nitrogens with two attached hydrogens (primary N) is 1. The third-order valence-electron chi connectivity index (χ3n) is 1.69. The van der Waals surface area contributed by atoms with Crippen LogP contribution in [0.25, 0.3) is 4.96 Å². The molecule has 8 heteroatoms. The molecule has 0 aliphatic rings. The van der Waals surface area contributed by atoms with Gasteiger partial charge in [-0.25, -0.2) is 0 Å². The molecule has 2 aromatic heterocycles. The Morgan fingerprint density at radius 1 is 1.73 bits per heavy atom. The van der Waals surface area contributed by atoms with Crippen LogP contribution in [0, 0.1) is 6.92 Å². The molecule has 3 N–H and O–H groups in total. The van der Waals surface area contributed by atoms with Gasteiger partial charge >= 0.3 is 0 Å². The summed E-state index contributed by atoms with van der Waals surface area (Å²) in [6.07, 6.45) is 0. The second-order valence-electron chi connectivity index (χ2n) is 2.81. The normalized spacial score (nSPS) is 10.5. The molecular formula is C7H7N5OS2. The van der Waals surface area contributed by atoms with E-state index in [0.29, 0.717) is 16.5 Å². The highest BCUT2D eigenvalue weighted by atomic mass is 32.1. The Balaban J connectivity index is 2.64. The predicted octanol–water partition coefficient (Wildman–Crippen LogP) is 0.115. The van der Waals surface area contributed by atoms with Gasteiger partial charge in [0.1, 0.15) is 11.5 Å². The van der Waals surface area contributed by atoms with Crippen LogP contribution in [0.15, 0.2) is 10.2 Å². The summed E-state index contributed by atoms with van der Waals surface area (Å²) in [6.45, 7) is 1.60. The van der Waals surface area contributed by atoms with Crippen molar-refractivity contribution in [2.75, 3.05) is 5.32 Å². The van der Waals surface area contributed by atoms with Gasteiger partial charge in [0.05, 0.1) is 0 Å². The molecule has 0 unspecified atom stereocenters. The van der Waals surface area contributed by atoms with Gasteiger partial charge in [-0.2, -0.15) is 14.6 Å². The Morgan fingerprint density at radius 2 is 2.47 bits per heavy atom. The van der Waals surface area contributed by atoms with E-state index in [2.05, 4.69) is 15.4 Å². The SMILES string of the molecule is Cc1nn2c(NC(N)=S)csc2nc1=O. The summed E-state index contributed by atoms with van der Waals surface area (Å²) < 4.78 is 1.50. The maximum atomic E-state index is 11.2. The lowest BCUT2D eigenvalue weighted by atomic mass is 10.5. The first-order valence-electron chi connectivity index (χ1n) is 3.99. The van der Waals surface area contributed by atoms with E-state index in [1.54, 1.807) is 12.3 Å². The minimum Gasteiger partial charge on any atom is -0.376 e. The minimum atomic E-state index is -0.321. The highest BCUT2D eigenvalue weighted by molar-refractivity contribution is 7.80. The molecule has 2 heterocycles. The van der Waals surface area contributed by atoms with Crippen LogP contribution in [0.4, 0.5) is 5.82 Å². The maximum absolute atomic E-state index is 11.2. The second-order valence-corrected chi connectivity index (χ2v) is 4.08. The maximum Gasteiger partial charge on any atom is 0.295 e. The van der Waals surface area contributed by atoms with Gasteiger partial charge in [-0.1, -0.05) is 0 Å². The number of aryl methyl sites for hydroxylation is 1. The molecule has 0 saturated heterocycles. The van der Waals surface area contributed by atoms with Gasteiger partial charge in [0.2, 0.25) is 4.96 Å². The van der Waals surface area contributed by atoms with Crippen LogP contribution in [0.2, 0.25) is 0 Å². The summed E-state index contributed by atoms with van der Waals surface area (Å²) in [6, 6.07) is 0. The molecule has 0 fully saturated rings. The number of nitrogens with one attached hydrogen (secondary N) is 1. The lowest BCUT2D eigenvalue weighted by Crippen LogP contribution is -2.21. The van der Waals surface area contributed by atoms with E-state index >= 15 is 0 Å². The van der Waals surface area contributed by atoms with Gasteiger partial charge in [-0.15, -0.1) is 11.3 Å². The van der Waals surface area contributed by atoms with E-state index in [-0.39, 0.29) is 10.7 Å². The van der Waals surface area contributed by atoms with Crippen molar-refractivity contribution in [3.05, 3.63) is 21.4 Å². The number of fused-ring (bicyclic) bond motifs is 1. The number of nitrogens with zero attached hydrogens (tertiary/aromatic N) is 3. The number of hydrogen-bond donors (Lipinski definition) is 2. The van der Waals surface area contributed by atoms with Crippen molar-refractivity contribution >= 4 is 39.4 Å². The highest BCUT2D eigenvalue weighted by Gasteiger charge is 2.07. The van der Waals surface area contributed by atoms with Crippen LogP contribution in [0.3, 0.4) is 0 Å². The molecule has 78 valence electrons. The number of hydrogen-bond acceptors (Lipinski definition) is 5. The molecule has 0 amide bonds. The third-order valence-corrected chi connectivity index (χ3v) is 2.61. The van der Waals surface area contributed by atoms with Crippen molar-refractivity contribution < 1.29 is 0 Å². The zero-order valence-corrected chi connectivity index (χ0v) is 9.35. The molecule has 0 aromatic carbocycles. The highest BCUT2D eigenvalue weighted by Crippen LogP contribution is 2.15. The third kappa shape index (κ3) is 1.81. The standard InChI is InChI=1S/C7H7N5OS2/c1-3-5(13)10-7-12(11-3)4(2-15-7)9-6(8)14/h2H,1H3,(H3,8,9,14). The average Bonchev–Trinajstić information content (AvgIpc) is 2.49. The Bertz CT molecular complexity index is 587. The fraction of sp³-hybridized carbons (Fsp3) is 0.143. The molecular weight excluding hydrogens is 234 g/mol. The molecule has 2 aromatic rings. The lowest BCUT2D eigenvalue weighted by molar-refractivity contribution is 0.868. The van der Waals surface area contributed by atoms with E-state index in [4.69, 9.17) is 18.0 Å². The first-order chi connectivity index (χ1) is 7.08. The summed E-state index contributed by atoms with van der Waals surface area (Å²) >= 11 is 6.00. The molecule has 0 spiro atoms. The van der Waals surface area contributed by atoms with Gasteiger partial charge in [0.25, 0.3) is 5.56 Å². The molecule has 0 aliphatic carbocycles. The number of rotatable bonds is 1. The Hall–Kier alpha value is -1.54. The van der Waals surface area contributed by atoms with Crippen molar-refractivity contribution in [3.63, 3.8) is 0 Å². The zero-order valence-electron chi connectivity index (χ0n) is 7.72. The minimum absolute atomic E-state index is 0.146. The quantitative estimate of drug-likeness (QED) is 0.689. The van der Waals surface area contributed by atoms with Crippen LogP contribution in [-0.4, -0.2) is 19.7 Å². The second kappa shape index (κ2) is 3.55. The number of thiazole rings is 1. The van der Waals surface area contributed by atoms with Gasteiger partial charge in [-0.05, 0) is 19.1 Å².